The molecule has 2 aliphatic heterocycles. The van der Waals surface area contributed by atoms with Crippen molar-refractivity contribution in [3.8, 4) is 11.5 Å². The van der Waals surface area contributed by atoms with E-state index in [4.69, 9.17) is 4.74 Å². The Hall–Kier alpha value is -6.30. The third-order valence-corrected chi connectivity index (χ3v) is 11.3. The fraction of sp³-hybridized carbons (Fsp3) is 0.268. The van der Waals surface area contributed by atoms with Crippen molar-refractivity contribution < 1.29 is 33.9 Å². The number of amides is 4. The summed E-state index contributed by atoms with van der Waals surface area (Å²) in [6, 6.07) is 26.8. The first kappa shape index (κ1) is 33.8. The smallest absolute Gasteiger partial charge is 0.271 e. The maximum atomic E-state index is 15.3. The van der Waals surface area contributed by atoms with Crippen molar-refractivity contribution >= 4 is 40.7 Å². The van der Waals surface area contributed by atoms with Gasteiger partial charge in [-0.15, -0.1) is 0 Å². The van der Waals surface area contributed by atoms with Gasteiger partial charge in [-0.3, -0.25) is 34.7 Å². The lowest BCUT2D eigenvalue weighted by molar-refractivity contribution is -0.384. The molecule has 0 unspecified atom stereocenters. The fourth-order valence-electron chi connectivity index (χ4n) is 9.10. The Morgan fingerprint density at radius 2 is 1.66 bits per heavy atom. The number of non-ortho nitro benzene ring substituents is 1. The van der Waals surface area contributed by atoms with Crippen molar-refractivity contribution in [3.63, 3.8) is 0 Å². The lowest BCUT2D eigenvalue weighted by atomic mass is 9.49. The molecule has 3 fully saturated rings. The maximum Gasteiger partial charge on any atom is 0.271 e. The summed E-state index contributed by atoms with van der Waals surface area (Å²) in [6.45, 7) is 3.99. The SMILES string of the molecule is CCOc1cc([C@H]2C3=CC[C@@H]4C(=O)N(c5cccc([N+](=O)[O-])c5)C(=O)[C@@H]4[C@@H]3C[C@H]3C(=O)N(Nc4ccc(C)cc4)C(=O)[C@@]23c2ccccc2)ccc1O. The van der Waals surface area contributed by atoms with Crippen molar-refractivity contribution in [2.45, 2.75) is 38.0 Å². The molecule has 6 atom stereocenters. The van der Waals surface area contributed by atoms with E-state index in [-0.39, 0.29) is 42.3 Å². The lowest BCUT2D eigenvalue weighted by Crippen LogP contribution is -2.53. The van der Waals surface area contributed by atoms with Crippen LogP contribution in [0.15, 0.2) is 109 Å². The minimum atomic E-state index is -1.49. The second-order valence-electron chi connectivity index (χ2n) is 14.0. The molecule has 12 nitrogen and oxygen atoms in total. The van der Waals surface area contributed by atoms with Gasteiger partial charge in [0.05, 0.1) is 46.1 Å². The number of phenols is 1. The van der Waals surface area contributed by atoms with E-state index in [1.54, 1.807) is 31.2 Å². The molecule has 4 aromatic carbocycles. The van der Waals surface area contributed by atoms with Crippen LogP contribution >= 0.6 is 0 Å². The van der Waals surface area contributed by atoms with Gasteiger partial charge in [0.25, 0.3) is 17.5 Å². The highest BCUT2D eigenvalue weighted by Gasteiger charge is 2.70. The lowest BCUT2D eigenvalue weighted by Gasteiger charge is -2.50. The van der Waals surface area contributed by atoms with Crippen LogP contribution < -0.4 is 15.1 Å². The Morgan fingerprint density at radius 1 is 0.906 bits per heavy atom. The van der Waals surface area contributed by atoms with Crippen LogP contribution in [0.25, 0.3) is 0 Å². The number of hydrazine groups is 1. The van der Waals surface area contributed by atoms with E-state index in [1.807, 2.05) is 55.5 Å². The third-order valence-electron chi connectivity index (χ3n) is 11.3. The Labute approximate surface area is 304 Å². The topological polar surface area (TPSA) is 159 Å². The molecule has 2 aliphatic carbocycles. The van der Waals surface area contributed by atoms with Crippen LogP contribution in [0, 0.1) is 40.7 Å². The zero-order valence-corrected chi connectivity index (χ0v) is 29.0. The Balaban J connectivity index is 1.31. The quantitative estimate of drug-likeness (QED) is 0.0939. The first-order valence-electron chi connectivity index (χ1n) is 17.6. The molecule has 0 bridgehead atoms. The highest BCUT2D eigenvalue weighted by atomic mass is 16.6. The highest BCUT2D eigenvalue weighted by Crippen LogP contribution is 2.64. The van der Waals surface area contributed by atoms with Crippen LogP contribution in [0.3, 0.4) is 0 Å². The number of aromatic hydroxyl groups is 1. The third kappa shape index (κ3) is 5.11. The number of benzene rings is 4. The van der Waals surface area contributed by atoms with Gasteiger partial charge in [-0.1, -0.05) is 71.8 Å². The molecule has 12 heteroatoms. The van der Waals surface area contributed by atoms with Crippen LogP contribution in [0.5, 0.6) is 11.5 Å². The number of phenolic OH excluding ortho intramolecular Hbond substituents is 1. The van der Waals surface area contributed by atoms with Crippen molar-refractivity contribution in [1.82, 2.24) is 5.01 Å². The van der Waals surface area contributed by atoms with Gasteiger partial charge in [-0.05, 0) is 74.1 Å². The number of hydrogen-bond donors (Lipinski definition) is 2. The van der Waals surface area contributed by atoms with Gasteiger partial charge >= 0.3 is 0 Å². The van der Waals surface area contributed by atoms with Crippen molar-refractivity contribution in [1.29, 1.82) is 0 Å². The molecular weight excluding hydrogens is 676 g/mol. The first-order chi connectivity index (χ1) is 25.6. The molecule has 53 heavy (non-hydrogen) atoms. The molecule has 268 valence electrons. The molecule has 1 saturated carbocycles. The number of rotatable bonds is 8. The average Bonchev–Trinajstić information content (AvgIpc) is 3.54. The molecule has 0 aromatic heterocycles. The van der Waals surface area contributed by atoms with E-state index in [0.29, 0.717) is 16.8 Å². The van der Waals surface area contributed by atoms with Crippen LogP contribution in [0.2, 0.25) is 0 Å². The molecule has 0 spiro atoms. The number of allylic oxidation sites excluding steroid dienone is 2. The van der Waals surface area contributed by atoms with Crippen LogP contribution in [0.4, 0.5) is 17.1 Å². The Morgan fingerprint density at radius 3 is 2.38 bits per heavy atom. The first-order valence-corrected chi connectivity index (χ1v) is 17.6. The van der Waals surface area contributed by atoms with Crippen LogP contribution in [-0.2, 0) is 24.6 Å². The van der Waals surface area contributed by atoms with E-state index >= 15 is 4.79 Å². The van der Waals surface area contributed by atoms with Gasteiger partial charge in [-0.2, -0.15) is 5.01 Å². The Kier molecular flexibility index (Phi) is 8.12. The number of carbonyl (C=O) groups is 4. The van der Waals surface area contributed by atoms with E-state index in [1.165, 1.54) is 30.3 Å². The van der Waals surface area contributed by atoms with Gasteiger partial charge in [-0.25, -0.2) is 4.90 Å². The van der Waals surface area contributed by atoms with Gasteiger partial charge in [0, 0.05) is 18.1 Å². The largest absolute Gasteiger partial charge is 0.504 e. The number of anilines is 2. The summed E-state index contributed by atoms with van der Waals surface area (Å²) in [5.41, 5.74) is 4.94. The molecule has 2 N–H and O–H groups in total. The number of fused-ring (bicyclic) bond motifs is 4. The van der Waals surface area contributed by atoms with E-state index in [0.717, 1.165) is 21.0 Å². The van der Waals surface area contributed by atoms with E-state index < -0.39 is 63.6 Å². The number of nitrogens with zero attached hydrogens (tertiary/aromatic N) is 3. The second kappa shape index (κ2) is 12.7. The standard InChI is InChI=1S/C41H36N4O8/c1-3-53-34-20-24(14-19-33(34)46)36-29-17-18-30-35(39(49)43(37(30)47)27-10-7-11-28(21-27)45(51)52)31(29)22-32-38(48)44(42-26-15-12-23(2)13-16-26)40(50)41(32,36)25-8-5-4-6-9-25/h4-17,19-21,30-32,35-36,42,46H,3,18,22H2,1-2H3/t30-,31+,32-,35-,36-,41+/m0/s1. The number of nitro benzene ring substituents is 1. The van der Waals surface area contributed by atoms with Gasteiger partial charge in [0.1, 0.15) is 0 Å². The van der Waals surface area contributed by atoms with Crippen molar-refractivity contribution in [2.24, 2.45) is 23.7 Å². The minimum Gasteiger partial charge on any atom is -0.504 e. The summed E-state index contributed by atoms with van der Waals surface area (Å²) in [5.74, 6) is -5.88. The molecule has 2 heterocycles. The zero-order chi connectivity index (χ0) is 37.2. The van der Waals surface area contributed by atoms with E-state index in [2.05, 4.69) is 5.43 Å². The molecule has 4 aliphatic rings. The van der Waals surface area contributed by atoms with Gasteiger partial charge in [0.15, 0.2) is 11.5 Å². The highest BCUT2D eigenvalue weighted by molar-refractivity contribution is 6.22. The minimum absolute atomic E-state index is 0.0905. The molecule has 4 aromatic rings. The normalized spacial score (nSPS) is 26.2. The zero-order valence-electron chi connectivity index (χ0n) is 29.0. The van der Waals surface area contributed by atoms with Crippen LogP contribution in [0.1, 0.15) is 42.4 Å². The van der Waals surface area contributed by atoms with Crippen molar-refractivity contribution in [3.05, 3.63) is 136 Å². The summed E-state index contributed by atoms with van der Waals surface area (Å²) in [5, 5.41) is 23.5. The number of carbonyl (C=O) groups excluding carboxylic acids is 4. The summed E-state index contributed by atoms with van der Waals surface area (Å²) in [6.07, 6.45) is 2.20. The predicted molar refractivity (Wildman–Crippen MR) is 194 cm³/mol. The number of ether oxygens (including phenoxy) is 1. The molecule has 4 amide bonds. The summed E-state index contributed by atoms with van der Waals surface area (Å²) >= 11 is 0. The van der Waals surface area contributed by atoms with E-state index in [9.17, 15) is 29.6 Å². The van der Waals surface area contributed by atoms with Gasteiger partial charge < -0.3 is 9.84 Å². The summed E-state index contributed by atoms with van der Waals surface area (Å²) < 4.78 is 5.80. The monoisotopic (exact) mass is 712 g/mol. The molecule has 2 saturated heterocycles. The number of nitro groups is 1. The molecular formula is C41H36N4O8. The molecule has 0 radical (unpaired) electrons. The predicted octanol–water partition coefficient (Wildman–Crippen LogP) is 6.20. The van der Waals surface area contributed by atoms with Gasteiger partial charge in [0.2, 0.25) is 11.8 Å². The summed E-state index contributed by atoms with van der Waals surface area (Å²) in [4.78, 5) is 70.8. The average molecular weight is 713 g/mol. The summed E-state index contributed by atoms with van der Waals surface area (Å²) in [7, 11) is 0. The second-order valence-corrected chi connectivity index (χ2v) is 14.0. The van der Waals surface area contributed by atoms with Crippen LogP contribution in [-0.4, -0.2) is 45.3 Å². The fourth-order valence-corrected chi connectivity index (χ4v) is 9.10. The number of hydrogen-bond acceptors (Lipinski definition) is 9. The molecule has 8 rings (SSSR count). The number of aryl methyl sites for hydroxylation is 1. The number of nitrogens with one attached hydrogen (secondary N) is 1. The number of imide groups is 2. The van der Waals surface area contributed by atoms with Crippen molar-refractivity contribution in [2.75, 3.05) is 16.9 Å². The maximum absolute atomic E-state index is 15.3. The Bertz CT molecular complexity index is 2220.